The first-order chi connectivity index (χ1) is 14.9. The Morgan fingerprint density at radius 2 is 1.66 bits per heavy atom. The smallest absolute Gasteiger partial charge is 0.343 e. The number of hydroxylamine groups is 2. The van der Waals surface area contributed by atoms with Crippen molar-refractivity contribution >= 4 is 12.1 Å². The molecule has 2 N–H and O–H groups in total. The molecule has 10 heteroatoms. The van der Waals surface area contributed by atoms with Crippen LogP contribution in [0, 0.1) is 0 Å². The lowest BCUT2D eigenvalue weighted by molar-refractivity contribution is -0.138. The van der Waals surface area contributed by atoms with Crippen LogP contribution in [-0.4, -0.2) is 77.3 Å². The minimum absolute atomic E-state index is 0.166. The lowest BCUT2D eigenvalue weighted by atomic mass is 9.98. The van der Waals surface area contributed by atoms with E-state index in [-0.39, 0.29) is 24.7 Å². The Hall–Kier alpha value is -2.88. The number of carbonyl (C=O) groups excluding carboxylic acids is 2. The van der Waals surface area contributed by atoms with Gasteiger partial charge >= 0.3 is 12.1 Å². The number of rotatable bonds is 8. The molecule has 1 fully saturated rings. The van der Waals surface area contributed by atoms with Crippen molar-refractivity contribution in [2.75, 3.05) is 21.3 Å². The third-order valence-corrected chi connectivity index (χ3v) is 5.52. The van der Waals surface area contributed by atoms with E-state index in [0.717, 1.165) is 5.56 Å². The zero-order valence-electron chi connectivity index (χ0n) is 20.4. The standard InChI is InChI=1S/C22H36N4O6/c1-13(2)23-20(27)26(29)19-22(5,6)24(21(28)25(19)14(3)4)12-15-10-16(30-7)18(32-9)17(11-15)31-8/h10-11,13-14,19,29H,12H2,1-9H3,(H,23,27). The third-order valence-electron chi connectivity index (χ3n) is 5.52. The zero-order valence-corrected chi connectivity index (χ0v) is 20.4. The van der Waals surface area contributed by atoms with Crippen LogP contribution < -0.4 is 19.5 Å². The molecule has 1 aliphatic rings. The van der Waals surface area contributed by atoms with Crippen LogP contribution in [0.1, 0.15) is 47.1 Å². The molecular weight excluding hydrogens is 416 g/mol. The Morgan fingerprint density at radius 1 is 1.12 bits per heavy atom. The molecule has 2 rings (SSSR count). The van der Waals surface area contributed by atoms with Crippen LogP contribution in [0.2, 0.25) is 0 Å². The highest BCUT2D eigenvalue weighted by Crippen LogP contribution is 2.41. The Balaban J connectivity index is 2.47. The van der Waals surface area contributed by atoms with Crippen molar-refractivity contribution in [2.45, 2.75) is 71.9 Å². The van der Waals surface area contributed by atoms with Gasteiger partial charge in [-0.25, -0.2) is 9.59 Å². The summed E-state index contributed by atoms with van der Waals surface area (Å²) in [6.45, 7) is 11.1. The number of urea groups is 2. The average Bonchev–Trinajstić information content (AvgIpc) is 2.91. The van der Waals surface area contributed by atoms with Crippen molar-refractivity contribution in [3.05, 3.63) is 17.7 Å². The van der Waals surface area contributed by atoms with Crippen LogP contribution in [0.5, 0.6) is 17.2 Å². The second-order valence-electron chi connectivity index (χ2n) is 8.88. The second-order valence-corrected chi connectivity index (χ2v) is 8.88. The van der Waals surface area contributed by atoms with Gasteiger partial charge in [-0.3, -0.25) is 10.1 Å². The number of methoxy groups -OCH3 is 3. The third kappa shape index (κ3) is 4.64. The molecular formula is C22H36N4O6. The van der Waals surface area contributed by atoms with Crippen molar-refractivity contribution in [1.29, 1.82) is 0 Å². The lowest BCUT2D eigenvalue weighted by Crippen LogP contribution is -2.60. The maximum Gasteiger partial charge on any atom is 0.343 e. The summed E-state index contributed by atoms with van der Waals surface area (Å²) in [4.78, 5) is 29.2. The number of hydrogen-bond acceptors (Lipinski definition) is 6. The zero-order chi connectivity index (χ0) is 24.4. The Kier molecular flexibility index (Phi) is 7.71. The molecule has 0 aromatic heterocycles. The van der Waals surface area contributed by atoms with Gasteiger partial charge in [0.15, 0.2) is 17.7 Å². The van der Waals surface area contributed by atoms with Gasteiger partial charge in [-0.2, -0.15) is 5.06 Å². The van der Waals surface area contributed by atoms with Crippen LogP contribution in [0.4, 0.5) is 9.59 Å². The van der Waals surface area contributed by atoms with E-state index in [1.54, 1.807) is 30.9 Å². The van der Waals surface area contributed by atoms with Crippen molar-refractivity contribution in [1.82, 2.24) is 20.2 Å². The number of benzene rings is 1. The van der Waals surface area contributed by atoms with E-state index >= 15 is 0 Å². The van der Waals surface area contributed by atoms with Crippen LogP contribution >= 0.6 is 0 Å². The number of nitrogens with one attached hydrogen (secondary N) is 1. The lowest BCUT2D eigenvalue weighted by Gasteiger charge is -2.39. The Morgan fingerprint density at radius 3 is 2.06 bits per heavy atom. The molecule has 0 spiro atoms. The molecule has 180 valence electrons. The topological polar surface area (TPSA) is 104 Å². The number of nitrogens with zero attached hydrogens (tertiary/aromatic N) is 3. The van der Waals surface area contributed by atoms with Gasteiger partial charge in [0.1, 0.15) is 0 Å². The maximum absolute atomic E-state index is 13.5. The summed E-state index contributed by atoms with van der Waals surface area (Å²) in [5.74, 6) is 1.41. The summed E-state index contributed by atoms with van der Waals surface area (Å²) in [5, 5.41) is 14.1. The summed E-state index contributed by atoms with van der Waals surface area (Å²) >= 11 is 0. The molecule has 4 amide bonds. The van der Waals surface area contributed by atoms with Crippen LogP contribution in [-0.2, 0) is 6.54 Å². The normalized spacial score (nSPS) is 17.8. The van der Waals surface area contributed by atoms with E-state index in [4.69, 9.17) is 14.2 Å². The number of hydrogen-bond donors (Lipinski definition) is 2. The Labute approximate surface area is 190 Å². The van der Waals surface area contributed by atoms with Crippen molar-refractivity contribution in [3.63, 3.8) is 0 Å². The molecule has 0 radical (unpaired) electrons. The van der Waals surface area contributed by atoms with Gasteiger partial charge in [0, 0.05) is 18.6 Å². The molecule has 0 aliphatic carbocycles. The molecule has 10 nitrogen and oxygen atoms in total. The van der Waals surface area contributed by atoms with E-state index < -0.39 is 17.7 Å². The highest BCUT2D eigenvalue weighted by atomic mass is 16.5. The highest BCUT2D eigenvalue weighted by Gasteiger charge is 2.56. The van der Waals surface area contributed by atoms with Gasteiger partial charge in [0.25, 0.3) is 0 Å². The minimum atomic E-state index is -0.912. The first-order valence-electron chi connectivity index (χ1n) is 10.6. The summed E-state index contributed by atoms with van der Waals surface area (Å²) in [5.41, 5.74) is -0.161. The molecule has 1 atom stereocenters. The molecule has 1 aromatic carbocycles. The fourth-order valence-electron chi connectivity index (χ4n) is 4.00. The van der Waals surface area contributed by atoms with Crippen LogP contribution in [0.15, 0.2) is 12.1 Å². The fraction of sp³-hybridized carbons (Fsp3) is 0.636. The summed E-state index contributed by atoms with van der Waals surface area (Å²) in [6, 6.07) is 2.18. The second kappa shape index (κ2) is 9.72. The predicted molar refractivity (Wildman–Crippen MR) is 119 cm³/mol. The van der Waals surface area contributed by atoms with Gasteiger partial charge in [-0.15, -0.1) is 0 Å². The number of ether oxygens (including phenoxy) is 3. The van der Waals surface area contributed by atoms with Gasteiger partial charge in [-0.05, 0) is 59.2 Å². The highest BCUT2D eigenvalue weighted by molar-refractivity contribution is 5.81. The monoisotopic (exact) mass is 452 g/mol. The maximum atomic E-state index is 13.5. The number of carbonyl (C=O) groups is 2. The largest absolute Gasteiger partial charge is 0.493 e. The summed E-state index contributed by atoms with van der Waals surface area (Å²) in [7, 11) is 4.58. The molecule has 32 heavy (non-hydrogen) atoms. The molecule has 1 aliphatic heterocycles. The van der Waals surface area contributed by atoms with Crippen molar-refractivity contribution in [3.8, 4) is 17.2 Å². The SMILES string of the molecule is COc1cc(CN2C(=O)N(C(C)C)C(N(O)C(=O)NC(C)C)C2(C)C)cc(OC)c1OC. The minimum Gasteiger partial charge on any atom is -0.493 e. The van der Waals surface area contributed by atoms with Crippen LogP contribution in [0.25, 0.3) is 0 Å². The first-order valence-corrected chi connectivity index (χ1v) is 10.6. The molecule has 1 heterocycles. The van der Waals surface area contributed by atoms with E-state index in [9.17, 15) is 14.8 Å². The van der Waals surface area contributed by atoms with Gasteiger partial charge in [0.05, 0.1) is 26.9 Å². The van der Waals surface area contributed by atoms with Gasteiger partial charge < -0.3 is 24.4 Å². The predicted octanol–water partition coefficient (Wildman–Crippen LogP) is 3.27. The summed E-state index contributed by atoms with van der Waals surface area (Å²) < 4.78 is 16.2. The molecule has 1 unspecified atom stereocenters. The fourth-order valence-corrected chi connectivity index (χ4v) is 4.00. The quantitative estimate of drug-likeness (QED) is 0.463. The van der Waals surface area contributed by atoms with E-state index in [2.05, 4.69) is 5.32 Å². The molecule has 0 bridgehead atoms. The van der Waals surface area contributed by atoms with E-state index in [0.29, 0.717) is 22.3 Å². The van der Waals surface area contributed by atoms with Crippen LogP contribution in [0.3, 0.4) is 0 Å². The van der Waals surface area contributed by atoms with Crippen molar-refractivity contribution < 1.29 is 29.0 Å². The Bertz CT molecular complexity index is 817. The summed E-state index contributed by atoms with van der Waals surface area (Å²) in [6.07, 6.45) is -0.893. The molecule has 1 saturated heterocycles. The van der Waals surface area contributed by atoms with Gasteiger partial charge in [0.2, 0.25) is 5.75 Å². The van der Waals surface area contributed by atoms with Crippen molar-refractivity contribution in [2.24, 2.45) is 0 Å². The average molecular weight is 453 g/mol. The first kappa shape index (κ1) is 25.4. The van der Waals surface area contributed by atoms with Gasteiger partial charge in [-0.1, -0.05) is 0 Å². The molecule has 0 saturated carbocycles. The molecule has 1 aromatic rings. The number of amides is 4. The van der Waals surface area contributed by atoms with E-state index in [1.165, 1.54) is 26.2 Å². The van der Waals surface area contributed by atoms with E-state index in [1.807, 2.05) is 27.7 Å².